The molecule has 0 aromatic carbocycles. The minimum atomic E-state index is -1.24. The molecule has 0 bridgehead atoms. The zero-order valence-corrected chi connectivity index (χ0v) is 32.8. The van der Waals surface area contributed by atoms with Gasteiger partial charge in [-0.2, -0.15) is 19.6 Å². The standard InChI is InChI=1S/C22H33ClN4O5.C13H17ClN4O3/c1-20(2,3)31-17(28)16-15(23)13-27(24-16)18(29)25-10-7-22(8-11-25)9-12-26(14-22)19(30)32-21(4,5)6;14-9-7-18(16-10(9)11(19)20)12(21)17-5-2-13(3-6-17)1-4-15-8-13/h13H,7-12,14H2,1-6H3;7,15H,1-6,8H2,(H,19,20). The van der Waals surface area contributed by atoms with Crippen LogP contribution in [0.5, 0.6) is 0 Å². The lowest BCUT2D eigenvalue weighted by Crippen LogP contribution is -2.46. The van der Waals surface area contributed by atoms with Gasteiger partial charge in [-0.25, -0.2) is 24.0 Å². The number of piperidine rings is 2. The molecule has 4 saturated heterocycles. The molecular weight excluding hydrogens is 731 g/mol. The van der Waals surface area contributed by atoms with Gasteiger partial charge in [0, 0.05) is 45.8 Å². The van der Waals surface area contributed by atoms with Gasteiger partial charge < -0.3 is 34.6 Å². The van der Waals surface area contributed by atoms with Gasteiger partial charge in [0.15, 0.2) is 11.4 Å². The summed E-state index contributed by atoms with van der Waals surface area (Å²) in [7, 11) is 0. The Morgan fingerprint density at radius 3 is 1.58 bits per heavy atom. The highest BCUT2D eigenvalue weighted by molar-refractivity contribution is 6.33. The fourth-order valence-electron chi connectivity index (χ4n) is 7.19. The first-order valence-electron chi connectivity index (χ1n) is 17.9. The molecule has 2 spiro atoms. The van der Waals surface area contributed by atoms with Gasteiger partial charge in [0.05, 0.1) is 22.4 Å². The molecule has 6 heterocycles. The quantitative estimate of drug-likeness (QED) is 0.370. The van der Waals surface area contributed by atoms with Crippen molar-refractivity contribution in [1.29, 1.82) is 0 Å². The molecule has 292 valence electrons. The zero-order chi connectivity index (χ0) is 38.9. The number of nitrogens with zero attached hydrogens (tertiary/aromatic N) is 7. The van der Waals surface area contributed by atoms with Gasteiger partial charge in [-0.1, -0.05) is 23.2 Å². The predicted molar refractivity (Wildman–Crippen MR) is 195 cm³/mol. The van der Waals surface area contributed by atoms with E-state index in [0.29, 0.717) is 44.7 Å². The summed E-state index contributed by atoms with van der Waals surface area (Å²) in [6.45, 7) is 16.6. The number of carbonyl (C=O) groups excluding carboxylic acids is 4. The van der Waals surface area contributed by atoms with E-state index in [9.17, 15) is 24.0 Å². The maximum Gasteiger partial charge on any atom is 0.410 e. The van der Waals surface area contributed by atoms with Crippen LogP contribution in [0.1, 0.15) is 101 Å². The van der Waals surface area contributed by atoms with Gasteiger partial charge in [0.25, 0.3) is 0 Å². The number of nitrogens with one attached hydrogen (secondary N) is 1. The highest BCUT2D eigenvalue weighted by Gasteiger charge is 2.44. The van der Waals surface area contributed by atoms with Crippen LogP contribution in [-0.4, -0.2) is 133 Å². The molecular formula is C35H50Cl2N8O8. The summed E-state index contributed by atoms with van der Waals surface area (Å²) in [6, 6.07) is -0.649. The summed E-state index contributed by atoms with van der Waals surface area (Å²) < 4.78 is 12.9. The van der Waals surface area contributed by atoms with Crippen molar-refractivity contribution in [3.05, 3.63) is 33.8 Å². The lowest BCUT2D eigenvalue weighted by molar-refractivity contribution is 0.00614. The monoisotopic (exact) mass is 780 g/mol. The number of halogens is 2. The SMILES string of the molecule is CC(C)(C)OC(=O)c1nn(C(=O)N2CCC3(CCN(C(=O)OC(C)(C)C)C3)CC2)cc1Cl.O=C(O)c1nn(C(=O)N2CCC3(CCNC3)CC2)cc1Cl. The van der Waals surface area contributed by atoms with Gasteiger partial charge in [-0.3, -0.25) is 0 Å². The van der Waals surface area contributed by atoms with Crippen molar-refractivity contribution in [3.63, 3.8) is 0 Å². The molecule has 0 radical (unpaired) electrons. The molecule has 4 aliphatic rings. The molecule has 16 nitrogen and oxygen atoms in total. The molecule has 2 N–H and O–H groups in total. The summed E-state index contributed by atoms with van der Waals surface area (Å²) in [5.41, 5.74) is -1.26. The highest BCUT2D eigenvalue weighted by atomic mass is 35.5. The van der Waals surface area contributed by atoms with Crippen molar-refractivity contribution in [2.24, 2.45) is 10.8 Å². The Hall–Kier alpha value is -3.89. The van der Waals surface area contributed by atoms with Crippen molar-refractivity contribution < 1.29 is 38.6 Å². The maximum atomic E-state index is 12.9. The second-order valence-electron chi connectivity index (χ2n) is 16.5. The van der Waals surface area contributed by atoms with Crippen LogP contribution >= 0.6 is 23.2 Å². The normalized spacial score (nSPS) is 19.6. The second kappa shape index (κ2) is 15.5. The van der Waals surface area contributed by atoms with E-state index < -0.39 is 23.1 Å². The fourth-order valence-corrected chi connectivity index (χ4v) is 7.61. The van der Waals surface area contributed by atoms with Gasteiger partial charge in [0.2, 0.25) is 0 Å². The van der Waals surface area contributed by atoms with Crippen LogP contribution in [0.4, 0.5) is 14.4 Å². The molecule has 3 amide bonds. The molecule has 0 aliphatic carbocycles. The minimum Gasteiger partial charge on any atom is -0.476 e. The van der Waals surface area contributed by atoms with E-state index in [1.807, 2.05) is 20.8 Å². The molecule has 53 heavy (non-hydrogen) atoms. The first-order valence-corrected chi connectivity index (χ1v) is 18.7. The Labute approximate surface area is 319 Å². The summed E-state index contributed by atoms with van der Waals surface area (Å²) in [5.74, 6) is -1.90. The number of aromatic nitrogens is 4. The largest absolute Gasteiger partial charge is 0.476 e. The lowest BCUT2D eigenvalue weighted by Gasteiger charge is -2.39. The zero-order valence-electron chi connectivity index (χ0n) is 31.2. The number of rotatable bonds is 2. The minimum absolute atomic E-state index is 0.00286. The van der Waals surface area contributed by atoms with E-state index in [4.69, 9.17) is 37.8 Å². The summed E-state index contributed by atoms with van der Waals surface area (Å²) in [6.07, 6.45) is 7.86. The van der Waals surface area contributed by atoms with Crippen molar-refractivity contribution in [2.75, 3.05) is 52.4 Å². The average Bonchev–Trinajstić information content (AvgIpc) is 3.87. The molecule has 6 rings (SSSR count). The van der Waals surface area contributed by atoms with Crippen LogP contribution in [0.15, 0.2) is 12.4 Å². The molecule has 4 aliphatic heterocycles. The van der Waals surface area contributed by atoms with E-state index in [0.717, 1.165) is 61.0 Å². The van der Waals surface area contributed by atoms with Crippen molar-refractivity contribution in [3.8, 4) is 0 Å². The van der Waals surface area contributed by atoms with Crippen LogP contribution in [0.2, 0.25) is 10.0 Å². The maximum absolute atomic E-state index is 12.9. The van der Waals surface area contributed by atoms with Gasteiger partial charge in [-0.15, -0.1) is 0 Å². The van der Waals surface area contributed by atoms with Crippen LogP contribution < -0.4 is 5.32 Å². The summed E-state index contributed by atoms with van der Waals surface area (Å²) in [5, 5.41) is 20.2. The molecule has 0 saturated carbocycles. The summed E-state index contributed by atoms with van der Waals surface area (Å²) in [4.78, 5) is 66.1. The first kappa shape index (κ1) is 40.3. The van der Waals surface area contributed by atoms with Gasteiger partial charge in [0.1, 0.15) is 11.2 Å². The number of carboxylic acids is 1. The molecule has 2 aromatic heterocycles. The third-order valence-corrected chi connectivity index (χ3v) is 10.7. The molecule has 18 heteroatoms. The Kier molecular flexibility index (Phi) is 11.8. The third-order valence-electron chi connectivity index (χ3n) is 10.1. The second-order valence-corrected chi connectivity index (χ2v) is 17.3. The predicted octanol–water partition coefficient (Wildman–Crippen LogP) is 5.46. The molecule has 2 aromatic rings. The first-order chi connectivity index (χ1) is 24.7. The number of ether oxygens (including phenoxy) is 2. The number of carbonyl (C=O) groups is 5. The van der Waals surface area contributed by atoms with E-state index in [-0.39, 0.29) is 45.0 Å². The van der Waals surface area contributed by atoms with Crippen molar-refractivity contribution >= 4 is 53.3 Å². The molecule has 0 atom stereocenters. The highest BCUT2D eigenvalue weighted by Crippen LogP contribution is 2.41. The van der Waals surface area contributed by atoms with Gasteiger partial charge in [-0.05, 0) is 97.4 Å². The Morgan fingerprint density at radius 1 is 0.698 bits per heavy atom. The number of carboxylic acid groups (broad SMARTS) is 1. The fraction of sp³-hybridized carbons (Fsp3) is 0.686. The van der Waals surface area contributed by atoms with Crippen LogP contribution in [0.25, 0.3) is 0 Å². The Bertz CT molecular complexity index is 1700. The van der Waals surface area contributed by atoms with E-state index in [2.05, 4.69) is 15.5 Å². The van der Waals surface area contributed by atoms with E-state index in [1.165, 1.54) is 12.4 Å². The Balaban J connectivity index is 0.000000222. The number of likely N-dealkylation sites (tertiary alicyclic amines) is 3. The van der Waals surface area contributed by atoms with Crippen LogP contribution in [0.3, 0.4) is 0 Å². The number of hydrogen-bond donors (Lipinski definition) is 2. The average molecular weight is 782 g/mol. The number of esters is 1. The summed E-state index contributed by atoms with van der Waals surface area (Å²) >= 11 is 11.9. The van der Waals surface area contributed by atoms with E-state index >= 15 is 0 Å². The number of aromatic carboxylic acids is 1. The van der Waals surface area contributed by atoms with Crippen LogP contribution in [0, 0.1) is 10.8 Å². The molecule has 0 unspecified atom stereocenters. The number of hydrogen-bond acceptors (Lipinski definition) is 10. The van der Waals surface area contributed by atoms with Gasteiger partial charge >= 0.3 is 30.1 Å². The van der Waals surface area contributed by atoms with Crippen molar-refractivity contribution in [2.45, 2.75) is 91.3 Å². The lowest BCUT2D eigenvalue weighted by atomic mass is 9.78. The third kappa shape index (κ3) is 9.81. The Morgan fingerprint density at radius 2 is 1.15 bits per heavy atom. The number of amides is 3. The van der Waals surface area contributed by atoms with E-state index in [1.54, 1.807) is 35.5 Å². The topological polar surface area (TPSA) is 181 Å². The van der Waals surface area contributed by atoms with Crippen LogP contribution in [-0.2, 0) is 9.47 Å². The smallest absolute Gasteiger partial charge is 0.410 e. The molecule has 4 fully saturated rings. The van der Waals surface area contributed by atoms with Crippen molar-refractivity contribution in [1.82, 2.24) is 39.6 Å².